The van der Waals surface area contributed by atoms with Crippen LogP contribution in [0.4, 0.5) is 0 Å². The summed E-state index contributed by atoms with van der Waals surface area (Å²) in [6.45, 7) is 3.88. The van der Waals surface area contributed by atoms with E-state index in [0.717, 1.165) is 11.1 Å². The number of ketones is 2. The number of aliphatic hydroxyl groups excluding tert-OH is 1. The number of Topliss-reactive ketones (excluding diaryl/α,β-unsaturated/α-hetero) is 1. The largest absolute Gasteiger partial charge is 0.493 e. The Balaban J connectivity index is 1.64. The molecule has 48 heavy (non-hydrogen) atoms. The van der Waals surface area contributed by atoms with Gasteiger partial charge >= 0.3 is 5.97 Å². The first-order valence-corrected chi connectivity index (χ1v) is 16.0. The van der Waals surface area contributed by atoms with Crippen LogP contribution >= 0.6 is 0 Å². The fraction of sp³-hybridized carbons (Fsp3) is 0.395. The van der Waals surface area contributed by atoms with Gasteiger partial charge in [-0.05, 0) is 71.7 Å². The molecule has 3 N–H and O–H groups in total. The van der Waals surface area contributed by atoms with Gasteiger partial charge in [-0.15, -0.1) is 0 Å². The van der Waals surface area contributed by atoms with Crippen LogP contribution in [-0.2, 0) is 27.2 Å². The molecule has 256 valence electrons. The van der Waals surface area contributed by atoms with Gasteiger partial charge < -0.3 is 34.5 Å². The zero-order chi connectivity index (χ0) is 35.0. The zero-order valence-corrected chi connectivity index (χ0v) is 28.4. The van der Waals surface area contributed by atoms with Crippen LogP contribution in [0.25, 0.3) is 5.57 Å². The van der Waals surface area contributed by atoms with Crippen LogP contribution in [0, 0.1) is 11.8 Å². The first-order chi connectivity index (χ1) is 23.0. The highest BCUT2D eigenvalue weighted by molar-refractivity contribution is 6.03. The van der Waals surface area contributed by atoms with Crippen LogP contribution in [0.1, 0.15) is 55.4 Å². The summed E-state index contributed by atoms with van der Waals surface area (Å²) in [4.78, 5) is 39.9. The molecule has 0 aromatic heterocycles. The van der Waals surface area contributed by atoms with Crippen molar-refractivity contribution in [3.8, 4) is 28.7 Å². The molecule has 3 atom stereocenters. The number of aliphatic hydroxyl groups is 1. The van der Waals surface area contributed by atoms with Crippen molar-refractivity contribution < 1.29 is 43.2 Å². The van der Waals surface area contributed by atoms with Crippen LogP contribution in [0.2, 0.25) is 0 Å². The highest BCUT2D eigenvalue weighted by Crippen LogP contribution is 2.47. The maximum Gasteiger partial charge on any atom is 0.314 e. The predicted octanol–water partition coefficient (Wildman–Crippen LogP) is 5.13. The van der Waals surface area contributed by atoms with Crippen molar-refractivity contribution >= 4 is 23.1 Å². The number of allylic oxidation sites excluding steroid dienone is 1. The third-order valence-electron chi connectivity index (χ3n) is 8.42. The molecule has 3 aromatic rings. The Morgan fingerprint density at radius 1 is 0.854 bits per heavy atom. The molecule has 1 aliphatic rings. The molecule has 0 amide bonds. The van der Waals surface area contributed by atoms with E-state index in [4.69, 9.17) is 29.4 Å². The fourth-order valence-electron chi connectivity index (χ4n) is 6.05. The lowest BCUT2D eigenvalue weighted by Gasteiger charge is -2.22. The number of hydrogen-bond acceptors (Lipinski definition) is 10. The zero-order valence-electron chi connectivity index (χ0n) is 28.4. The second-order valence-electron chi connectivity index (χ2n) is 12.3. The third-order valence-corrected chi connectivity index (χ3v) is 8.42. The first kappa shape index (κ1) is 36.2. The van der Waals surface area contributed by atoms with E-state index in [1.54, 1.807) is 30.3 Å². The van der Waals surface area contributed by atoms with Crippen LogP contribution in [0.3, 0.4) is 0 Å². The Hall–Kier alpha value is -4.67. The second kappa shape index (κ2) is 16.4. The Morgan fingerprint density at radius 2 is 1.54 bits per heavy atom. The number of hydrogen-bond donors (Lipinski definition) is 2. The standard InChI is InChI=1S/C38H45NO9/c1-22(2)16-25(18-31(41)35(42)30(39)17-23-10-8-7-9-11-23)38(43)48-33-19-24(12-15-32(33)44-3)28-20-26(40)13-14-27-29(28)21-34(45-4)37(47-6)36(27)46-5/h7-12,15,19-22,25,30,35,42H,13-14,16-18,39H2,1-6H3. The van der Waals surface area contributed by atoms with E-state index in [1.807, 2.05) is 44.2 Å². The second-order valence-corrected chi connectivity index (χ2v) is 12.3. The molecule has 3 unspecified atom stereocenters. The number of fused-ring (bicyclic) bond motifs is 1. The van der Waals surface area contributed by atoms with Crippen LogP contribution in [0.5, 0.6) is 28.7 Å². The Bertz CT molecular complexity index is 1650. The third kappa shape index (κ3) is 8.42. The van der Waals surface area contributed by atoms with Gasteiger partial charge in [0.05, 0.1) is 34.4 Å². The van der Waals surface area contributed by atoms with Crippen molar-refractivity contribution in [3.05, 3.63) is 82.9 Å². The van der Waals surface area contributed by atoms with Crippen molar-refractivity contribution in [3.63, 3.8) is 0 Å². The monoisotopic (exact) mass is 659 g/mol. The van der Waals surface area contributed by atoms with Crippen LogP contribution in [0.15, 0.2) is 60.7 Å². The number of benzene rings is 3. The lowest BCUT2D eigenvalue weighted by Crippen LogP contribution is -2.43. The van der Waals surface area contributed by atoms with E-state index in [2.05, 4.69) is 0 Å². The summed E-state index contributed by atoms with van der Waals surface area (Å²) in [6.07, 6.45) is 1.21. The van der Waals surface area contributed by atoms with Crippen LogP contribution < -0.4 is 29.4 Å². The molecule has 4 rings (SSSR count). The van der Waals surface area contributed by atoms with E-state index in [0.29, 0.717) is 53.2 Å². The summed E-state index contributed by atoms with van der Waals surface area (Å²) in [5, 5.41) is 10.8. The number of ether oxygens (including phenoxy) is 5. The molecule has 0 radical (unpaired) electrons. The quantitative estimate of drug-likeness (QED) is 0.167. The van der Waals surface area contributed by atoms with E-state index in [1.165, 1.54) is 28.4 Å². The molecule has 0 fully saturated rings. The summed E-state index contributed by atoms with van der Waals surface area (Å²) in [5.74, 6) is -0.311. The van der Waals surface area contributed by atoms with Crippen molar-refractivity contribution in [2.24, 2.45) is 17.6 Å². The predicted molar refractivity (Wildman–Crippen MR) is 182 cm³/mol. The molecule has 0 bridgehead atoms. The molecular weight excluding hydrogens is 614 g/mol. The average molecular weight is 660 g/mol. The van der Waals surface area contributed by atoms with Gasteiger partial charge in [-0.3, -0.25) is 14.4 Å². The number of nitrogens with two attached hydrogens (primary N) is 1. The van der Waals surface area contributed by atoms with Crippen molar-refractivity contribution in [2.75, 3.05) is 28.4 Å². The number of rotatable bonds is 15. The lowest BCUT2D eigenvalue weighted by molar-refractivity contribution is -0.143. The Morgan fingerprint density at radius 3 is 2.17 bits per heavy atom. The molecule has 0 spiro atoms. The van der Waals surface area contributed by atoms with Gasteiger partial charge in [0.15, 0.2) is 34.6 Å². The summed E-state index contributed by atoms with van der Waals surface area (Å²) >= 11 is 0. The normalized spacial score (nSPS) is 14.6. The molecule has 1 aliphatic carbocycles. The Kier molecular flexibility index (Phi) is 12.4. The van der Waals surface area contributed by atoms with Gasteiger partial charge in [-0.25, -0.2) is 0 Å². The smallest absolute Gasteiger partial charge is 0.314 e. The first-order valence-electron chi connectivity index (χ1n) is 16.0. The summed E-state index contributed by atoms with van der Waals surface area (Å²) in [5.41, 5.74) is 9.75. The van der Waals surface area contributed by atoms with Crippen molar-refractivity contribution in [1.29, 1.82) is 0 Å². The maximum absolute atomic E-state index is 13.7. The fourth-order valence-corrected chi connectivity index (χ4v) is 6.05. The van der Waals surface area contributed by atoms with Crippen molar-refractivity contribution in [1.82, 2.24) is 0 Å². The number of carbonyl (C=O) groups excluding carboxylic acids is 3. The van der Waals surface area contributed by atoms with E-state index in [-0.39, 0.29) is 36.0 Å². The molecule has 10 heteroatoms. The van der Waals surface area contributed by atoms with E-state index >= 15 is 0 Å². The molecule has 0 saturated carbocycles. The van der Waals surface area contributed by atoms with Gasteiger partial charge in [-0.2, -0.15) is 0 Å². The lowest BCUT2D eigenvalue weighted by atomic mass is 9.89. The summed E-state index contributed by atoms with van der Waals surface area (Å²) in [7, 11) is 6.04. The minimum Gasteiger partial charge on any atom is -0.493 e. The summed E-state index contributed by atoms with van der Waals surface area (Å²) in [6, 6.07) is 15.4. The molecule has 10 nitrogen and oxygen atoms in total. The summed E-state index contributed by atoms with van der Waals surface area (Å²) < 4.78 is 28.4. The van der Waals surface area contributed by atoms with E-state index < -0.39 is 29.8 Å². The van der Waals surface area contributed by atoms with Gasteiger partial charge in [-0.1, -0.05) is 50.2 Å². The number of carbonyl (C=O) groups is 3. The Labute approximate surface area is 281 Å². The SMILES string of the molecule is COc1ccc(C2=CC(=O)CCc3c2cc(OC)c(OC)c3OC)cc1OC(=O)C(CC(=O)C(O)C(N)Cc1ccccc1)CC(C)C. The van der Waals surface area contributed by atoms with Gasteiger partial charge in [0.2, 0.25) is 5.75 Å². The maximum atomic E-state index is 13.7. The van der Waals surface area contributed by atoms with Crippen molar-refractivity contribution in [2.45, 2.75) is 58.1 Å². The number of methoxy groups -OCH3 is 4. The topological polar surface area (TPSA) is 144 Å². The molecule has 0 heterocycles. The molecule has 3 aromatic carbocycles. The number of esters is 1. The molecular formula is C38H45NO9. The minimum atomic E-state index is -1.45. The highest BCUT2D eigenvalue weighted by atomic mass is 16.6. The molecule has 0 aliphatic heterocycles. The molecule has 0 saturated heterocycles. The van der Waals surface area contributed by atoms with E-state index in [9.17, 15) is 19.5 Å². The average Bonchev–Trinajstić information content (AvgIpc) is 3.24. The van der Waals surface area contributed by atoms with Crippen LogP contribution in [-0.4, -0.2) is 63.2 Å². The highest BCUT2D eigenvalue weighted by Gasteiger charge is 2.32. The minimum absolute atomic E-state index is 0.0549. The van der Waals surface area contributed by atoms with Gasteiger partial charge in [0, 0.05) is 24.4 Å². The van der Waals surface area contributed by atoms with Gasteiger partial charge in [0.1, 0.15) is 6.10 Å². The van der Waals surface area contributed by atoms with Gasteiger partial charge in [0.25, 0.3) is 0 Å².